The number of rotatable bonds is 17. The van der Waals surface area contributed by atoms with Gasteiger partial charge in [0, 0.05) is 17.7 Å². The average Bonchev–Trinajstić information content (AvgIpc) is 2.64. The summed E-state index contributed by atoms with van der Waals surface area (Å²) < 4.78 is 45.3. The van der Waals surface area contributed by atoms with Crippen molar-refractivity contribution in [1.29, 1.82) is 0 Å². The summed E-state index contributed by atoms with van der Waals surface area (Å²) in [6.07, 6.45) is 13.1. The Morgan fingerprint density at radius 2 is 1.24 bits per heavy atom. The lowest BCUT2D eigenvalue weighted by atomic mass is 10.0. The van der Waals surface area contributed by atoms with Gasteiger partial charge in [-0.2, -0.15) is 0 Å². The van der Waals surface area contributed by atoms with Crippen molar-refractivity contribution in [3.63, 3.8) is 0 Å². The van der Waals surface area contributed by atoms with Crippen LogP contribution in [0.2, 0.25) is 0 Å². The van der Waals surface area contributed by atoms with Gasteiger partial charge < -0.3 is 14.9 Å². The molecule has 1 rings (SSSR count). The lowest BCUT2D eigenvalue weighted by Gasteiger charge is -2.19. The molecule has 29 heavy (non-hydrogen) atoms. The second kappa shape index (κ2) is 15.7. The third kappa shape index (κ3) is 12.2. The van der Waals surface area contributed by atoms with E-state index in [1.807, 2.05) is 0 Å². The molecule has 0 aromatic heterocycles. The summed E-state index contributed by atoms with van der Waals surface area (Å²) in [6.45, 7) is 0.440. The van der Waals surface area contributed by atoms with Crippen LogP contribution in [0, 0.1) is 17.5 Å². The predicted molar refractivity (Wildman–Crippen MR) is 109 cm³/mol. The first-order valence-electron chi connectivity index (χ1n) is 11.1. The largest absolute Gasteiger partial charge is 0.346 e. The molecule has 0 amide bonds. The molecule has 0 aliphatic carbocycles. The summed E-state index contributed by atoms with van der Waals surface area (Å²) in [7, 11) is 0. The Kier molecular flexibility index (Phi) is 14.0. The van der Waals surface area contributed by atoms with Crippen LogP contribution in [0.1, 0.15) is 96.0 Å². The van der Waals surface area contributed by atoms with E-state index in [9.17, 15) is 13.2 Å². The van der Waals surface area contributed by atoms with Crippen LogP contribution >= 0.6 is 0 Å². The fourth-order valence-corrected chi connectivity index (χ4v) is 3.62. The van der Waals surface area contributed by atoms with E-state index >= 15 is 0 Å². The minimum Gasteiger partial charge on any atom is -0.346 e. The summed E-state index contributed by atoms with van der Waals surface area (Å²) in [4.78, 5) is 0. The minimum atomic E-state index is -1.76. The van der Waals surface area contributed by atoms with Gasteiger partial charge in [0.05, 0.1) is 6.10 Å². The van der Waals surface area contributed by atoms with E-state index in [2.05, 4.69) is 6.92 Å². The molecule has 0 heterocycles. The third-order valence-electron chi connectivity index (χ3n) is 5.25. The van der Waals surface area contributed by atoms with Crippen LogP contribution in [-0.2, 0) is 11.2 Å². The van der Waals surface area contributed by atoms with E-state index in [-0.39, 0.29) is 18.1 Å². The summed E-state index contributed by atoms with van der Waals surface area (Å²) >= 11 is 0. The zero-order chi connectivity index (χ0) is 21.5. The molecule has 0 radical (unpaired) electrons. The van der Waals surface area contributed by atoms with Crippen molar-refractivity contribution in [2.45, 2.75) is 109 Å². The number of aliphatic hydroxyl groups is 2. The Balaban J connectivity index is 2.19. The van der Waals surface area contributed by atoms with Crippen LogP contribution in [0.25, 0.3) is 0 Å². The van der Waals surface area contributed by atoms with Crippen LogP contribution in [0.4, 0.5) is 13.2 Å². The fourth-order valence-electron chi connectivity index (χ4n) is 3.62. The quantitative estimate of drug-likeness (QED) is 0.228. The zero-order valence-electron chi connectivity index (χ0n) is 17.6. The molecule has 0 aliphatic heterocycles. The Hall–Kier alpha value is -1.11. The van der Waals surface area contributed by atoms with Crippen molar-refractivity contribution in [3.05, 3.63) is 35.1 Å². The van der Waals surface area contributed by atoms with Gasteiger partial charge in [-0.3, -0.25) is 0 Å². The molecule has 0 spiro atoms. The summed E-state index contributed by atoms with van der Waals surface area (Å²) in [5.41, 5.74) is -0.0602. The number of ether oxygens (including phenoxy) is 1. The molecule has 3 nitrogen and oxygen atoms in total. The van der Waals surface area contributed by atoms with E-state index in [4.69, 9.17) is 14.9 Å². The van der Waals surface area contributed by atoms with Gasteiger partial charge in [0.1, 0.15) is 17.5 Å². The van der Waals surface area contributed by atoms with Gasteiger partial charge in [0.25, 0.3) is 6.48 Å². The van der Waals surface area contributed by atoms with Crippen LogP contribution in [0.15, 0.2) is 12.1 Å². The van der Waals surface area contributed by atoms with E-state index in [0.29, 0.717) is 18.6 Å². The first-order valence-corrected chi connectivity index (χ1v) is 11.1. The van der Waals surface area contributed by atoms with E-state index in [1.165, 1.54) is 32.1 Å². The highest BCUT2D eigenvalue weighted by atomic mass is 19.1. The van der Waals surface area contributed by atoms with Gasteiger partial charge in [-0.25, -0.2) is 13.2 Å². The van der Waals surface area contributed by atoms with Crippen molar-refractivity contribution in [2.24, 2.45) is 0 Å². The normalized spacial score (nSPS) is 12.7. The number of halogens is 3. The average molecular weight is 419 g/mol. The molecular weight excluding hydrogens is 381 g/mol. The first-order chi connectivity index (χ1) is 13.9. The summed E-state index contributed by atoms with van der Waals surface area (Å²) in [5, 5.41) is 18.2. The number of benzene rings is 1. The number of hydrogen-bond donors (Lipinski definition) is 2. The number of unbranched alkanes of at least 4 members (excludes halogenated alkanes) is 9. The molecule has 1 atom stereocenters. The van der Waals surface area contributed by atoms with Crippen molar-refractivity contribution in [2.75, 3.05) is 0 Å². The molecule has 6 heteroatoms. The molecular formula is C23H37F3O3. The molecule has 1 aromatic carbocycles. The highest BCUT2D eigenvalue weighted by Crippen LogP contribution is 2.20. The maximum absolute atomic E-state index is 13.6. The summed E-state index contributed by atoms with van der Waals surface area (Å²) in [5.74, 6) is -2.56. The number of aliphatic hydroxyl groups excluding tert-OH is 1. The first kappa shape index (κ1) is 25.9. The Morgan fingerprint density at radius 3 is 1.76 bits per heavy atom. The summed E-state index contributed by atoms with van der Waals surface area (Å²) in [6, 6.07) is 1.43. The lowest BCUT2D eigenvalue weighted by Crippen LogP contribution is -2.21. The van der Waals surface area contributed by atoms with E-state index in [1.54, 1.807) is 0 Å². The van der Waals surface area contributed by atoms with Crippen LogP contribution in [0.3, 0.4) is 0 Å². The smallest absolute Gasteiger partial charge is 0.266 e. The van der Waals surface area contributed by atoms with Gasteiger partial charge in [-0.1, -0.05) is 71.1 Å². The SMILES string of the molecule is CCCCCCCCCC(CCCCCCc1c(F)cc(F)cc1F)OC(O)O. The second-order valence-corrected chi connectivity index (χ2v) is 7.80. The number of hydrogen-bond acceptors (Lipinski definition) is 3. The molecule has 2 N–H and O–H groups in total. The monoisotopic (exact) mass is 418 g/mol. The van der Waals surface area contributed by atoms with E-state index in [0.717, 1.165) is 44.9 Å². The van der Waals surface area contributed by atoms with Gasteiger partial charge in [0.2, 0.25) is 0 Å². The van der Waals surface area contributed by atoms with Crippen molar-refractivity contribution >= 4 is 0 Å². The molecule has 0 aliphatic rings. The zero-order valence-corrected chi connectivity index (χ0v) is 17.6. The Labute approximate surface area is 173 Å². The second-order valence-electron chi connectivity index (χ2n) is 7.80. The van der Waals surface area contributed by atoms with Gasteiger partial charge >= 0.3 is 0 Å². The molecule has 0 bridgehead atoms. The maximum atomic E-state index is 13.6. The molecule has 0 fully saturated rings. The lowest BCUT2D eigenvalue weighted by molar-refractivity contribution is -0.257. The van der Waals surface area contributed by atoms with Crippen LogP contribution in [-0.4, -0.2) is 22.8 Å². The van der Waals surface area contributed by atoms with Crippen molar-refractivity contribution < 1.29 is 28.1 Å². The van der Waals surface area contributed by atoms with Crippen molar-refractivity contribution in [1.82, 2.24) is 0 Å². The molecule has 168 valence electrons. The standard InChI is InChI=1S/C23H37F3O3/c1-2-3-4-5-6-7-10-13-19(29-23(27)28)14-11-8-9-12-15-20-21(25)16-18(24)17-22(20)26/h16-17,19,23,27-28H,2-15H2,1H3. The maximum Gasteiger partial charge on any atom is 0.266 e. The topological polar surface area (TPSA) is 49.7 Å². The Bertz CT molecular complexity index is 529. The van der Waals surface area contributed by atoms with Crippen LogP contribution in [0.5, 0.6) is 0 Å². The molecule has 1 unspecified atom stereocenters. The molecule has 0 saturated carbocycles. The van der Waals surface area contributed by atoms with E-state index < -0.39 is 23.9 Å². The minimum absolute atomic E-state index is 0.0602. The molecule has 1 aromatic rings. The van der Waals surface area contributed by atoms with Crippen molar-refractivity contribution in [3.8, 4) is 0 Å². The highest BCUT2D eigenvalue weighted by molar-refractivity contribution is 5.20. The third-order valence-corrected chi connectivity index (χ3v) is 5.25. The fraction of sp³-hybridized carbons (Fsp3) is 0.739. The van der Waals surface area contributed by atoms with Gasteiger partial charge in [-0.05, 0) is 25.7 Å². The predicted octanol–water partition coefficient (Wildman–Crippen LogP) is 6.39. The van der Waals surface area contributed by atoms with Gasteiger partial charge in [0.15, 0.2) is 0 Å². The Morgan fingerprint density at radius 1 is 0.759 bits per heavy atom. The molecule has 0 saturated heterocycles. The highest BCUT2D eigenvalue weighted by Gasteiger charge is 2.13. The van der Waals surface area contributed by atoms with Crippen LogP contribution < -0.4 is 0 Å². The van der Waals surface area contributed by atoms with Gasteiger partial charge in [-0.15, -0.1) is 0 Å².